The van der Waals surface area contributed by atoms with Crippen molar-refractivity contribution in [2.45, 2.75) is 39.3 Å². The minimum Gasteiger partial charge on any atom is -0.310 e. The Morgan fingerprint density at radius 1 is 1.26 bits per heavy atom. The van der Waals surface area contributed by atoms with Crippen molar-refractivity contribution >= 4 is 0 Å². The van der Waals surface area contributed by atoms with E-state index in [9.17, 15) is 0 Å². The molecule has 1 aromatic heterocycles. The second kappa shape index (κ2) is 4.82. The molecule has 1 aliphatic rings. The van der Waals surface area contributed by atoms with E-state index in [2.05, 4.69) is 53.6 Å². The van der Waals surface area contributed by atoms with Crippen molar-refractivity contribution in [3.05, 3.63) is 42.1 Å². The van der Waals surface area contributed by atoms with Crippen LogP contribution in [0.2, 0.25) is 0 Å². The zero-order valence-electron chi connectivity index (χ0n) is 11.6. The molecule has 2 N–H and O–H groups in total. The molecule has 0 radical (unpaired) electrons. The Balaban J connectivity index is 1.60. The molecular formula is C16H21N3. The van der Waals surface area contributed by atoms with Gasteiger partial charge in [0.25, 0.3) is 0 Å². The van der Waals surface area contributed by atoms with Crippen molar-refractivity contribution < 1.29 is 0 Å². The molecule has 0 spiro atoms. The molecule has 0 amide bonds. The van der Waals surface area contributed by atoms with Gasteiger partial charge >= 0.3 is 0 Å². The van der Waals surface area contributed by atoms with Crippen LogP contribution < -0.4 is 5.32 Å². The molecule has 1 aromatic carbocycles. The number of H-pyrrole nitrogens is 1. The fourth-order valence-electron chi connectivity index (χ4n) is 2.37. The summed E-state index contributed by atoms with van der Waals surface area (Å²) in [5, 5.41) is 10.6. The van der Waals surface area contributed by atoms with Crippen molar-refractivity contribution in [3.8, 4) is 11.3 Å². The Labute approximate surface area is 114 Å². The molecule has 3 nitrogen and oxygen atoms in total. The summed E-state index contributed by atoms with van der Waals surface area (Å²) in [6.45, 7) is 5.61. The normalized spacial score (nSPS) is 18.2. The van der Waals surface area contributed by atoms with Crippen LogP contribution in [0.1, 0.15) is 32.3 Å². The lowest BCUT2D eigenvalue weighted by atomic mass is 10.0. The van der Waals surface area contributed by atoms with Crippen molar-refractivity contribution in [1.29, 1.82) is 0 Å². The Morgan fingerprint density at radius 3 is 2.58 bits per heavy atom. The van der Waals surface area contributed by atoms with Crippen molar-refractivity contribution in [1.82, 2.24) is 15.5 Å². The van der Waals surface area contributed by atoms with Crippen LogP contribution in [0.3, 0.4) is 0 Å². The van der Waals surface area contributed by atoms with Gasteiger partial charge in [-0.2, -0.15) is 5.10 Å². The standard InChI is InChI=1S/C16H21N3/c1-12(16(2)8-9-16)17-11-13-3-5-14(6-4-13)15-7-10-18-19-15/h3-7,10,12,17H,8-9,11H2,1-2H3,(H,18,19). The monoisotopic (exact) mass is 255 g/mol. The van der Waals surface area contributed by atoms with Gasteiger partial charge in [0, 0.05) is 18.8 Å². The number of aromatic amines is 1. The Morgan fingerprint density at radius 2 is 2.00 bits per heavy atom. The predicted molar refractivity (Wildman–Crippen MR) is 77.7 cm³/mol. The Hall–Kier alpha value is -1.61. The van der Waals surface area contributed by atoms with E-state index < -0.39 is 0 Å². The van der Waals surface area contributed by atoms with Gasteiger partial charge in [-0.05, 0) is 42.4 Å². The van der Waals surface area contributed by atoms with Crippen LogP contribution in [-0.4, -0.2) is 16.2 Å². The first kappa shape index (κ1) is 12.4. The molecule has 19 heavy (non-hydrogen) atoms. The van der Waals surface area contributed by atoms with Crippen molar-refractivity contribution in [3.63, 3.8) is 0 Å². The van der Waals surface area contributed by atoms with Crippen LogP contribution in [-0.2, 0) is 6.54 Å². The van der Waals surface area contributed by atoms with Gasteiger partial charge in [-0.25, -0.2) is 0 Å². The number of hydrogen-bond acceptors (Lipinski definition) is 2. The van der Waals surface area contributed by atoms with Gasteiger partial charge in [-0.15, -0.1) is 0 Å². The molecule has 0 aliphatic heterocycles. The van der Waals surface area contributed by atoms with Crippen molar-refractivity contribution in [2.75, 3.05) is 0 Å². The summed E-state index contributed by atoms with van der Waals surface area (Å²) in [6.07, 6.45) is 4.50. The highest BCUT2D eigenvalue weighted by molar-refractivity contribution is 5.58. The van der Waals surface area contributed by atoms with E-state index in [0.717, 1.165) is 12.2 Å². The second-order valence-corrected chi connectivity index (χ2v) is 5.92. The van der Waals surface area contributed by atoms with Crippen LogP contribution in [0, 0.1) is 5.41 Å². The van der Waals surface area contributed by atoms with Gasteiger partial charge in [0.15, 0.2) is 0 Å². The predicted octanol–water partition coefficient (Wildman–Crippen LogP) is 3.35. The number of rotatable bonds is 5. The minimum atomic E-state index is 0.538. The highest BCUT2D eigenvalue weighted by Gasteiger charge is 2.42. The lowest BCUT2D eigenvalue weighted by Crippen LogP contribution is -2.32. The summed E-state index contributed by atoms with van der Waals surface area (Å²) >= 11 is 0. The molecule has 1 saturated carbocycles. The van der Waals surface area contributed by atoms with Gasteiger partial charge < -0.3 is 5.32 Å². The Bertz CT molecular complexity index is 524. The van der Waals surface area contributed by atoms with E-state index >= 15 is 0 Å². The molecule has 3 heteroatoms. The molecule has 0 bridgehead atoms. The number of nitrogens with one attached hydrogen (secondary N) is 2. The highest BCUT2D eigenvalue weighted by Crippen LogP contribution is 2.47. The zero-order valence-corrected chi connectivity index (χ0v) is 11.6. The molecule has 2 aromatic rings. The lowest BCUT2D eigenvalue weighted by Gasteiger charge is -2.20. The summed E-state index contributed by atoms with van der Waals surface area (Å²) in [4.78, 5) is 0. The third-order valence-corrected chi connectivity index (χ3v) is 4.46. The molecule has 1 fully saturated rings. The summed E-state index contributed by atoms with van der Waals surface area (Å²) in [7, 11) is 0. The van der Waals surface area contributed by atoms with E-state index in [1.165, 1.54) is 24.0 Å². The average Bonchev–Trinajstić information content (AvgIpc) is 2.97. The van der Waals surface area contributed by atoms with Gasteiger partial charge in [-0.3, -0.25) is 5.10 Å². The first-order valence-corrected chi connectivity index (χ1v) is 6.99. The van der Waals surface area contributed by atoms with Gasteiger partial charge in [0.2, 0.25) is 0 Å². The smallest absolute Gasteiger partial charge is 0.0650 e. The van der Waals surface area contributed by atoms with Crippen LogP contribution in [0.15, 0.2) is 36.5 Å². The molecule has 3 rings (SSSR count). The minimum absolute atomic E-state index is 0.538. The van der Waals surface area contributed by atoms with E-state index in [1.54, 1.807) is 6.20 Å². The Kier molecular flexibility index (Phi) is 3.15. The maximum absolute atomic E-state index is 3.98. The SMILES string of the molecule is CC(NCc1ccc(-c2ccn[nH]2)cc1)C1(C)CC1. The molecule has 1 unspecified atom stereocenters. The van der Waals surface area contributed by atoms with Gasteiger partial charge in [-0.1, -0.05) is 31.2 Å². The molecule has 1 aliphatic carbocycles. The molecule has 0 saturated heterocycles. The summed E-state index contributed by atoms with van der Waals surface area (Å²) in [6, 6.07) is 11.3. The first-order chi connectivity index (χ1) is 9.17. The third kappa shape index (κ3) is 2.71. The second-order valence-electron chi connectivity index (χ2n) is 5.92. The molecular weight excluding hydrogens is 234 g/mol. The largest absolute Gasteiger partial charge is 0.310 e. The summed E-state index contributed by atoms with van der Waals surface area (Å²) in [5.41, 5.74) is 4.12. The van der Waals surface area contributed by atoms with Crippen molar-refractivity contribution in [2.24, 2.45) is 5.41 Å². The topological polar surface area (TPSA) is 40.7 Å². The number of hydrogen-bond donors (Lipinski definition) is 2. The quantitative estimate of drug-likeness (QED) is 0.860. The zero-order chi connectivity index (χ0) is 13.3. The number of benzene rings is 1. The maximum atomic E-state index is 3.98. The van der Waals surface area contributed by atoms with Crippen LogP contribution in [0.5, 0.6) is 0 Å². The number of nitrogens with zero attached hydrogens (tertiary/aromatic N) is 1. The van der Waals surface area contributed by atoms with Crippen LogP contribution in [0.25, 0.3) is 11.3 Å². The van der Waals surface area contributed by atoms with E-state index in [-0.39, 0.29) is 0 Å². The highest BCUT2D eigenvalue weighted by atomic mass is 15.1. The fraction of sp³-hybridized carbons (Fsp3) is 0.438. The van der Waals surface area contributed by atoms with Crippen LogP contribution in [0.4, 0.5) is 0 Å². The molecule has 1 atom stereocenters. The van der Waals surface area contributed by atoms with Crippen LogP contribution >= 0.6 is 0 Å². The van der Waals surface area contributed by atoms with E-state index in [0.29, 0.717) is 11.5 Å². The van der Waals surface area contributed by atoms with Gasteiger partial charge in [0.1, 0.15) is 0 Å². The van der Waals surface area contributed by atoms with E-state index in [1.807, 2.05) is 6.07 Å². The third-order valence-electron chi connectivity index (χ3n) is 4.46. The molecule has 1 heterocycles. The average molecular weight is 255 g/mol. The first-order valence-electron chi connectivity index (χ1n) is 6.99. The number of aromatic nitrogens is 2. The summed E-state index contributed by atoms with van der Waals surface area (Å²) in [5.74, 6) is 0. The lowest BCUT2D eigenvalue weighted by molar-refractivity contribution is 0.380. The van der Waals surface area contributed by atoms with E-state index in [4.69, 9.17) is 0 Å². The fourth-order valence-corrected chi connectivity index (χ4v) is 2.37. The van der Waals surface area contributed by atoms with Gasteiger partial charge in [0.05, 0.1) is 5.69 Å². The molecule has 100 valence electrons. The summed E-state index contributed by atoms with van der Waals surface area (Å²) < 4.78 is 0. The maximum Gasteiger partial charge on any atom is 0.0650 e.